The Hall–Kier alpha value is -1.84. The molecule has 0 heterocycles. The van der Waals surface area contributed by atoms with Crippen LogP contribution in [0.1, 0.15) is 135 Å². The van der Waals surface area contributed by atoms with Crippen molar-refractivity contribution < 1.29 is 19.8 Å². The zero-order valence-electron chi connectivity index (χ0n) is 26.6. The fourth-order valence-electron chi connectivity index (χ4n) is 13.3. The van der Waals surface area contributed by atoms with E-state index in [1.807, 2.05) is 12.1 Å². The Bertz CT molecular complexity index is 1230. The summed E-state index contributed by atoms with van der Waals surface area (Å²) in [5.41, 5.74) is 1.83. The number of hydrogen-bond acceptors (Lipinski definition) is 2. The van der Waals surface area contributed by atoms with Crippen LogP contribution >= 0.6 is 0 Å². The van der Waals surface area contributed by atoms with Crippen molar-refractivity contribution in [1.82, 2.24) is 0 Å². The fourth-order valence-corrected chi connectivity index (χ4v) is 13.3. The van der Waals surface area contributed by atoms with Crippen LogP contribution in [-0.4, -0.2) is 22.2 Å². The highest BCUT2D eigenvalue weighted by molar-refractivity contribution is 5.87. The molecular formula is C37H54O4. The van der Waals surface area contributed by atoms with Gasteiger partial charge < -0.3 is 10.2 Å². The Kier molecular flexibility index (Phi) is 6.65. The van der Waals surface area contributed by atoms with E-state index in [1.54, 1.807) is 6.07 Å². The van der Waals surface area contributed by atoms with Gasteiger partial charge in [0.1, 0.15) is 0 Å². The summed E-state index contributed by atoms with van der Waals surface area (Å²) in [6.07, 6.45) is 11.1. The lowest BCUT2D eigenvalue weighted by molar-refractivity contribution is -0.241. The third-order valence-corrected chi connectivity index (χ3v) is 15.3. The number of aliphatic carboxylic acids is 1. The van der Waals surface area contributed by atoms with Crippen LogP contribution < -0.4 is 0 Å². The van der Waals surface area contributed by atoms with E-state index in [1.165, 1.54) is 37.7 Å². The van der Waals surface area contributed by atoms with E-state index in [4.69, 9.17) is 0 Å². The Morgan fingerprint density at radius 1 is 0.805 bits per heavy atom. The van der Waals surface area contributed by atoms with Crippen LogP contribution in [0, 0.1) is 62.6 Å². The number of carbonyl (C=O) groups is 2. The molecule has 0 spiro atoms. The normalized spacial score (nSPS) is 46.6. The minimum absolute atomic E-state index is 0.0857. The molecule has 10 atom stereocenters. The molecule has 0 bridgehead atoms. The largest absolute Gasteiger partial charge is 0.481 e. The minimum atomic E-state index is -0.842. The Labute approximate surface area is 248 Å². The lowest BCUT2D eigenvalue weighted by Gasteiger charge is -2.73. The number of benzene rings is 1. The van der Waals surface area contributed by atoms with E-state index in [9.17, 15) is 19.8 Å². The van der Waals surface area contributed by atoms with Gasteiger partial charge in [0, 0.05) is 0 Å². The lowest BCUT2D eigenvalue weighted by Crippen LogP contribution is -2.66. The van der Waals surface area contributed by atoms with Crippen molar-refractivity contribution in [1.29, 1.82) is 0 Å². The molecule has 6 rings (SSSR count). The second-order valence-corrected chi connectivity index (χ2v) is 16.9. The first-order valence-electron chi connectivity index (χ1n) is 16.7. The number of carboxylic acids is 2. The number of aromatic carboxylic acids is 1. The van der Waals surface area contributed by atoms with Gasteiger partial charge in [0.15, 0.2) is 0 Å². The standard InChI is InChI=1S/C37H54O4/c1-22(2)25-13-18-37(32(40)41)20-19-35(6)27(30(25)37)11-12-29-34(5)16-14-26(23-9-8-10-24(21-23)31(38)39)33(3,4)28(34)15-17-36(29,35)7/h8-10,21-22,25-30H,11-20H2,1-7H3,(H,38,39)(H,40,41)/t25?,26-,27-,28+,29-,30-,34+,35-,36-,37+/m1/s1. The summed E-state index contributed by atoms with van der Waals surface area (Å²) in [5, 5.41) is 20.3. The molecule has 226 valence electrons. The molecule has 5 saturated carbocycles. The van der Waals surface area contributed by atoms with Crippen LogP contribution in [0.15, 0.2) is 24.3 Å². The summed E-state index contributed by atoms with van der Waals surface area (Å²) in [6.45, 7) is 17.5. The minimum Gasteiger partial charge on any atom is -0.481 e. The van der Waals surface area contributed by atoms with Crippen LogP contribution in [0.5, 0.6) is 0 Å². The quantitative estimate of drug-likeness (QED) is 0.383. The molecule has 0 radical (unpaired) electrons. The van der Waals surface area contributed by atoms with E-state index in [0.717, 1.165) is 32.1 Å². The molecule has 5 fully saturated rings. The van der Waals surface area contributed by atoms with Crippen LogP contribution in [-0.2, 0) is 4.79 Å². The molecule has 2 N–H and O–H groups in total. The number of carboxylic acid groups (broad SMARTS) is 2. The first-order chi connectivity index (χ1) is 19.1. The molecular weight excluding hydrogens is 508 g/mol. The number of fused-ring (bicyclic) bond motifs is 7. The van der Waals surface area contributed by atoms with Gasteiger partial charge in [0.05, 0.1) is 11.0 Å². The number of hydrogen-bond donors (Lipinski definition) is 2. The molecule has 5 aliphatic rings. The monoisotopic (exact) mass is 562 g/mol. The molecule has 5 aliphatic carbocycles. The van der Waals surface area contributed by atoms with Crippen molar-refractivity contribution in [2.75, 3.05) is 0 Å². The average Bonchev–Trinajstić information content (AvgIpc) is 3.30. The van der Waals surface area contributed by atoms with Gasteiger partial charge in [-0.3, -0.25) is 4.79 Å². The van der Waals surface area contributed by atoms with Crippen LogP contribution in [0.4, 0.5) is 0 Å². The summed E-state index contributed by atoms with van der Waals surface area (Å²) in [5.74, 6) is 2.15. The Morgan fingerprint density at radius 3 is 2.20 bits per heavy atom. The Balaban J connectivity index is 1.35. The zero-order valence-corrected chi connectivity index (χ0v) is 26.6. The van der Waals surface area contributed by atoms with E-state index in [2.05, 4.69) is 54.5 Å². The van der Waals surface area contributed by atoms with E-state index < -0.39 is 17.4 Å². The van der Waals surface area contributed by atoms with Gasteiger partial charge >= 0.3 is 11.9 Å². The molecule has 1 aromatic carbocycles. The maximum absolute atomic E-state index is 13.0. The SMILES string of the molecule is CC(C)C1CC[C@]2(C(=O)O)CC[C@]3(C)[C@H](CC[C@@H]4[C@@]5(C)CC[C@H](c6cccc(C(=O)O)c6)C(C)(C)[C@@H]5CC[C@]43C)[C@@H]12. The fraction of sp³-hybridized carbons (Fsp3) is 0.784. The first kappa shape index (κ1) is 29.2. The third kappa shape index (κ3) is 3.76. The van der Waals surface area contributed by atoms with Gasteiger partial charge in [-0.1, -0.05) is 60.6 Å². The first-order valence-corrected chi connectivity index (χ1v) is 16.7. The smallest absolute Gasteiger partial charge is 0.335 e. The third-order valence-electron chi connectivity index (χ3n) is 15.3. The van der Waals surface area contributed by atoms with Gasteiger partial charge in [0.2, 0.25) is 0 Å². The van der Waals surface area contributed by atoms with Crippen LogP contribution in [0.3, 0.4) is 0 Å². The van der Waals surface area contributed by atoms with Gasteiger partial charge in [0.25, 0.3) is 0 Å². The highest BCUT2D eigenvalue weighted by atomic mass is 16.4. The van der Waals surface area contributed by atoms with Crippen LogP contribution in [0.25, 0.3) is 0 Å². The zero-order chi connectivity index (χ0) is 29.8. The second-order valence-electron chi connectivity index (χ2n) is 16.9. The highest BCUT2D eigenvalue weighted by Gasteiger charge is 2.72. The van der Waals surface area contributed by atoms with Crippen molar-refractivity contribution in [2.24, 2.45) is 62.6 Å². The predicted molar refractivity (Wildman–Crippen MR) is 163 cm³/mol. The van der Waals surface area contributed by atoms with Gasteiger partial charge in [-0.15, -0.1) is 0 Å². The molecule has 1 unspecified atom stereocenters. The maximum atomic E-state index is 13.0. The molecule has 0 amide bonds. The van der Waals surface area contributed by atoms with Crippen molar-refractivity contribution in [3.8, 4) is 0 Å². The summed E-state index contributed by atoms with van der Waals surface area (Å²) >= 11 is 0. The van der Waals surface area contributed by atoms with E-state index in [0.29, 0.717) is 47.0 Å². The molecule has 0 aliphatic heterocycles. The van der Waals surface area contributed by atoms with E-state index in [-0.39, 0.29) is 21.7 Å². The summed E-state index contributed by atoms with van der Waals surface area (Å²) in [6, 6.07) is 7.73. The lowest BCUT2D eigenvalue weighted by atomic mass is 9.31. The molecule has 41 heavy (non-hydrogen) atoms. The van der Waals surface area contributed by atoms with Crippen LogP contribution in [0.2, 0.25) is 0 Å². The summed E-state index contributed by atoms with van der Waals surface area (Å²) in [7, 11) is 0. The second kappa shape index (κ2) is 9.33. The molecule has 0 saturated heterocycles. The molecule has 4 nitrogen and oxygen atoms in total. The van der Waals surface area contributed by atoms with Crippen molar-refractivity contribution >= 4 is 11.9 Å². The molecule has 0 aromatic heterocycles. The van der Waals surface area contributed by atoms with Crippen molar-refractivity contribution in [3.63, 3.8) is 0 Å². The van der Waals surface area contributed by atoms with Gasteiger partial charge in [-0.2, -0.15) is 0 Å². The average molecular weight is 563 g/mol. The van der Waals surface area contributed by atoms with Gasteiger partial charge in [-0.05, 0) is 145 Å². The highest BCUT2D eigenvalue weighted by Crippen LogP contribution is 2.78. The number of rotatable bonds is 4. The van der Waals surface area contributed by atoms with Crippen molar-refractivity contribution in [2.45, 2.75) is 119 Å². The Morgan fingerprint density at radius 2 is 1.54 bits per heavy atom. The van der Waals surface area contributed by atoms with Crippen molar-refractivity contribution in [3.05, 3.63) is 35.4 Å². The molecule has 4 heteroatoms. The molecule has 1 aromatic rings. The predicted octanol–water partition coefficient (Wildman–Crippen LogP) is 9.29. The summed E-state index contributed by atoms with van der Waals surface area (Å²) < 4.78 is 0. The van der Waals surface area contributed by atoms with E-state index >= 15 is 0 Å². The topological polar surface area (TPSA) is 74.6 Å². The van der Waals surface area contributed by atoms with Gasteiger partial charge in [-0.25, -0.2) is 4.79 Å². The maximum Gasteiger partial charge on any atom is 0.335 e. The summed E-state index contributed by atoms with van der Waals surface area (Å²) in [4.78, 5) is 24.7.